The summed E-state index contributed by atoms with van der Waals surface area (Å²) in [5.41, 5.74) is 3.78. The molecule has 0 bridgehead atoms. The molecule has 0 amide bonds. The first-order valence-corrected chi connectivity index (χ1v) is 4.76. The van der Waals surface area contributed by atoms with E-state index in [1.54, 1.807) is 6.33 Å². The van der Waals surface area contributed by atoms with Crippen LogP contribution in [-0.4, -0.2) is 9.97 Å². The Hall–Kier alpha value is -1.77. The number of anilines is 1. The molecule has 2 aromatic rings. The number of fused-ring (bicyclic) bond motifs is 1. The minimum atomic E-state index is 0.356. The third-order valence-electron chi connectivity index (χ3n) is 2.67. The lowest BCUT2D eigenvalue weighted by molar-refractivity contribution is 0.796. The standard InChI is InChI=1S/C11H11N3/c1-2-4-9-8(3-1)5-10(14-9)11-6-12-7-13-11/h1-4,6-7,10,14H,5H2,(H,12,13). The molecule has 1 atom stereocenters. The predicted molar refractivity (Wildman–Crippen MR) is 55.1 cm³/mol. The van der Waals surface area contributed by atoms with Crippen molar-refractivity contribution in [3.05, 3.63) is 48.0 Å². The van der Waals surface area contributed by atoms with Gasteiger partial charge in [0.25, 0.3) is 0 Å². The summed E-state index contributed by atoms with van der Waals surface area (Å²) in [5, 5.41) is 3.47. The Labute approximate surface area is 82.2 Å². The molecule has 70 valence electrons. The largest absolute Gasteiger partial charge is 0.376 e. The van der Waals surface area contributed by atoms with Gasteiger partial charge in [0, 0.05) is 12.1 Å². The van der Waals surface area contributed by atoms with Crippen molar-refractivity contribution in [3.63, 3.8) is 0 Å². The molecular formula is C11H11N3. The minimum absolute atomic E-state index is 0.356. The maximum absolute atomic E-state index is 4.03. The second-order valence-electron chi connectivity index (χ2n) is 3.57. The fraction of sp³-hybridized carbons (Fsp3) is 0.182. The van der Waals surface area contributed by atoms with Gasteiger partial charge < -0.3 is 10.3 Å². The zero-order valence-corrected chi connectivity index (χ0v) is 7.70. The van der Waals surface area contributed by atoms with E-state index in [4.69, 9.17) is 0 Å². The first kappa shape index (κ1) is 7.62. The fourth-order valence-corrected chi connectivity index (χ4v) is 1.94. The van der Waals surface area contributed by atoms with Crippen molar-refractivity contribution in [2.24, 2.45) is 0 Å². The average molecular weight is 185 g/mol. The molecule has 3 nitrogen and oxygen atoms in total. The molecule has 14 heavy (non-hydrogen) atoms. The van der Waals surface area contributed by atoms with Crippen LogP contribution >= 0.6 is 0 Å². The van der Waals surface area contributed by atoms with Crippen molar-refractivity contribution in [2.75, 3.05) is 5.32 Å². The van der Waals surface area contributed by atoms with E-state index in [9.17, 15) is 0 Å². The van der Waals surface area contributed by atoms with E-state index >= 15 is 0 Å². The van der Waals surface area contributed by atoms with Crippen LogP contribution in [0.25, 0.3) is 0 Å². The molecule has 1 aromatic carbocycles. The topological polar surface area (TPSA) is 40.7 Å². The number of aromatic amines is 1. The van der Waals surface area contributed by atoms with Crippen molar-refractivity contribution in [3.8, 4) is 0 Å². The Bertz CT molecular complexity index is 409. The molecule has 1 aliphatic heterocycles. The number of para-hydroxylation sites is 1. The predicted octanol–water partition coefficient (Wildman–Crippen LogP) is 2.12. The lowest BCUT2D eigenvalue weighted by atomic mass is 10.1. The highest BCUT2D eigenvalue weighted by Crippen LogP contribution is 2.32. The third-order valence-corrected chi connectivity index (χ3v) is 2.67. The zero-order chi connectivity index (χ0) is 9.38. The quantitative estimate of drug-likeness (QED) is 0.714. The normalized spacial score (nSPS) is 19.0. The summed E-state index contributed by atoms with van der Waals surface area (Å²) in [6, 6.07) is 8.77. The fourth-order valence-electron chi connectivity index (χ4n) is 1.94. The SMILES string of the molecule is c1ccc2c(c1)CC(c1cnc[nH]1)N2. The van der Waals surface area contributed by atoms with E-state index in [-0.39, 0.29) is 0 Å². The summed E-state index contributed by atoms with van der Waals surface area (Å²) < 4.78 is 0. The highest BCUT2D eigenvalue weighted by Gasteiger charge is 2.21. The van der Waals surface area contributed by atoms with Crippen LogP contribution in [0.2, 0.25) is 0 Å². The van der Waals surface area contributed by atoms with Crippen molar-refractivity contribution in [1.29, 1.82) is 0 Å². The number of rotatable bonds is 1. The number of aromatic nitrogens is 2. The molecule has 0 spiro atoms. The van der Waals surface area contributed by atoms with Crippen molar-refractivity contribution in [1.82, 2.24) is 9.97 Å². The van der Waals surface area contributed by atoms with Crippen molar-refractivity contribution < 1.29 is 0 Å². The van der Waals surface area contributed by atoms with Crippen LogP contribution in [0.4, 0.5) is 5.69 Å². The molecule has 0 aliphatic carbocycles. The van der Waals surface area contributed by atoms with E-state index in [2.05, 4.69) is 39.6 Å². The summed E-state index contributed by atoms with van der Waals surface area (Å²) in [6.07, 6.45) is 4.64. The Morgan fingerprint density at radius 2 is 2.21 bits per heavy atom. The monoisotopic (exact) mass is 185 g/mol. The number of imidazole rings is 1. The molecule has 3 heteroatoms. The van der Waals surface area contributed by atoms with Gasteiger partial charge in [-0.3, -0.25) is 0 Å². The van der Waals surface area contributed by atoms with Gasteiger partial charge in [0.2, 0.25) is 0 Å². The van der Waals surface area contributed by atoms with Gasteiger partial charge in [0.15, 0.2) is 0 Å². The second-order valence-corrected chi connectivity index (χ2v) is 3.57. The van der Waals surface area contributed by atoms with Gasteiger partial charge in [-0.15, -0.1) is 0 Å². The number of H-pyrrole nitrogens is 1. The molecular weight excluding hydrogens is 174 g/mol. The summed E-state index contributed by atoms with van der Waals surface area (Å²) in [4.78, 5) is 7.17. The van der Waals surface area contributed by atoms with Gasteiger partial charge >= 0.3 is 0 Å². The van der Waals surface area contributed by atoms with Crippen LogP contribution in [0.3, 0.4) is 0 Å². The number of benzene rings is 1. The highest BCUT2D eigenvalue weighted by molar-refractivity contribution is 5.57. The summed E-state index contributed by atoms with van der Waals surface area (Å²) in [5.74, 6) is 0. The van der Waals surface area contributed by atoms with Gasteiger partial charge in [-0.25, -0.2) is 4.98 Å². The van der Waals surface area contributed by atoms with Crippen molar-refractivity contribution >= 4 is 5.69 Å². The van der Waals surface area contributed by atoms with E-state index in [0.29, 0.717) is 6.04 Å². The zero-order valence-electron chi connectivity index (χ0n) is 7.70. The van der Waals surface area contributed by atoms with Crippen molar-refractivity contribution in [2.45, 2.75) is 12.5 Å². The van der Waals surface area contributed by atoms with E-state index in [1.165, 1.54) is 11.3 Å². The van der Waals surface area contributed by atoms with E-state index < -0.39 is 0 Å². The number of hydrogen-bond donors (Lipinski definition) is 2. The van der Waals surface area contributed by atoms with Gasteiger partial charge in [-0.05, 0) is 11.6 Å². The number of nitrogens with one attached hydrogen (secondary N) is 2. The number of hydrogen-bond acceptors (Lipinski definition) is 2. The lowest BCUT2D eigenvalue weighted by Gasteiger charge is -2.07. The lowest BCUT2D eigenvalue weighted by Crippen LogP contribution is -2.05. The Morgan fingerprint density at radius 3 is 3.00 bits per heavy atom. The Balaban J connectivity index is 1.92. The molecule has 0 saturated carbocycles. The van der Waals surface area contributed by atoms with Crippen LogP contribution in [0.5, 0.6) is 0 Å². The molecule has 0 radical (unpaired) electrons. The Kier molecular flexibility index (Phi) is 1.56. The first-order chi connectivity index (χ1) is 6.93. The minimum Gasteiger partial charge on any atom is -0.376 e. The van der Waals surface area contributed by atoms with Crippen LogP contribution in [-0.2, 0) is 6.42 Å². The smallest absolute Gasteiger partial charge is 0.0922 e. The van der Waals surface area contributed by atoms with Crippen LogP contribution in [0.1, 0.15) is 17.3 Å². The average Bonchev–Trinajstić information content (AvgIpc) is 2.86. The molecule has 2 heterocycles. The molecule has 2 N–H and O–H groups in total. The van der Waals surface area contributed by atoms with Gasteiger partial charge in [-0.1, -0.05) is 18.2 Å². The first-order valence-electron chi connectivity index (χ1n) is 4.76. The summed E-state index contributed by atoms with van der Waals surface area (Å²) in [7, 11) is 0. The maximum atomic E-state index is 4.03. The molecule has 1 aliphatic rings. The van der Waals surface area contributed by atoms with Gasteiger partial charge in [0.05, 0.1) is 24.3 Å². The van der Waals surface area contributed by atoms with Gasteiger partial charge in [-0.2, -0.15) is 0 Å². The molecule has 1 unspecified atom stereocenters. The summed E-state index contributed by atoms with van der Waals surface area (Å²) in [6.45, 7) is 0. The van der Waals surface area contributed by atoms with Crippen LogP contribution in [0, 0.1) is 0 Å². The van der Waals surface area contributed by atoms with Gasteiger partial charge in [0.1, 0.15) is 0 Å². The molecule has 0 fully saturated rings. The second kappa shape index (κ2) is 2.87. The van der Waals surface area contributed by atoms with E-state index in [1.807, 2.05) is 6.20 Å². The van der Waals surface area contributed by atoms with Crippen LogP contribution < -0.4 is 5.32 Å². The molecule has 1 aromatic heterocycles. The summed E-state index contributed by atoms with van der Waals surface area (Å²) >= 11 is 0. The Morgan fingerprint density at radius 1 is 1.29 bits per heavy atom. The molecule has 3 rings (SSSR count). The number of nitrogens with zero attached hydrogens (tertiary/aromatic N) is 1. The highest BCUT2D eigenvalue weighted by atomic mass is 15.0. The molecule has 0 saturated heterocycles. The maximum Gasteiger partial charge on any atom is 0.0922 e. The third kappa shape index (κ3) is 1.09. The van der Waals surface area contributed by atoms with E-state index in [0.717, 1.165) is 12.1 Å². The van der Waals surface area contributed by atoms with Crippen LogP contribution in [0.15, 0.2) is 36.8 Å².